The molecule has 4 unspecified atom stereocenters. The summed E-state index contributed by atoms with van der Waals surface area (Å²) in [5.41, 5.74) is 5.64. The molecule has 0 aliphatic carbocycles. The summed E-state index contributed by atoms with van der Waals surface area (Å²) < 4.78 is 0. The maximum Gasteiger partial charge on any atom is 0.326 e. The molecule has 1 aliphatic rings. The molecular formula is C18H32N4O5. The molecule has 154 valence electrons. The van der Waals surface area contributed by atoms with Crippen LogP contribution < -0.4 is 16.4 Å². The van der Waals surface area contributed by atoms with Gasteiger partial charge < -0.3 is 26.4 Å². The number of carboxylic acids is 1. The fourth-order valence-electron chi connectivity index (χ4n) is 3.11. The predicted molar refractivity (Wildman–Crippen MR) is 99.6 cm³/mol. The molecule has 1 saturated heterocycles. The van der Waals surface area contributed by atoms with Crippen molar-refractivity contribution in [1.29, 1.82) is 0 Å². The van der Waals surface area contributed by atoms with E-state index in [4.69, 9.17) is 5.73 Å². The first-order valence-electron chi connectivity index (χ1n) is 9.37. The van der Waals surface area contributed by atoms with Crippen LogP contribution in [-0.4, -0.2) is 64.4 Å². The van der Waals surface area contributed by atoms with Gasteiger partial charge in [0.05, 0.1) is 6.04 Å². The van der Waals surface area contributed by atoms with Gasteiger partial charge in [-0.1, -0.05) is 27.7 Å². The fraction of sp³-hybridized carbons (Fsp3) is 0.778. The van der Waals surface area contributed by atoms with E-state index in [1.54, 1.807) is 34.6 Å². The maximum atomic E-state index is 12.7. The molecule has 1 rings (SSSR count). The lowest BCUT2D eigenvalue weighted by Gasteiger charge is -2.29. The molecule has 5 N–H and O–H groups in total. The van der Waals surface area contributed by atoms with Crippen molar-refractivity contribution >= 4 is 23.7 Å². The van der Waals surface area contributed by atoms with Crippen LogP contribution in [0.25, 0.3) is 0 Å². The van der Waals surface area contributed by atoms with Crippen LogP contribution in [0.5, 0.6) is 0 Å². The van der Waals surface area contributed by atoms with Crippen LogP contribution >= 0.6 is 0 Å². The molecule has 3 amide bonds. The zero-order valence-corrected chi connectivity index (χ0v) is 16.7. The number of carbonyl (C=O) groups is 4. The summed E-state index contributed by atoms with van der Waals surface area (Å²) in [6, 6.07) is -3.31. The lowest BCUT2D eigenvalue weighted by atomic mass is 9.99. The Kier molecular flexibility index (Phi) is 8.20. The Bertz CT molecular complexity index is 576. The molecule has 9 nitrogen and oxygen atoms in total. The van der Waals surface area contributed by atoms with Crippen LogP contribution in [0.4, 0.5) is 0 Å². The van der Waals surface area contributed by atoms with E-state index < -0.39 is 42.0 Å². The highest BCUT2D eigenvalue weighted by atomic mass is 16.4. The van der Waals surface area contributed by atoms with Crippen molar-refractivity contribution in [3.8, 4) is 0 Å². The Balaban J connectivity index is 2.87. The molecule has 0 aromatic carbocycles. The molecule has 9 heteroatoms. The standard InChI is InChI=1S/C18H32N4O5/c1-9(2)13(16(24)21-14(10(3)4)18(26)27)20-15(23)12-7-6-8-22(12)17(25)11(5)19/h9-14H,6-8,19H2,1-5H3,(H,20,23)(H,21,24)(H,26,27). The van der Waals surface area contributed by atoms with E-state index >= 15 is 0 Å². The molecular weight excluding hydrogens is 352 g/mol. The number of nitrogens with two attached hydrogens (primary N) is 1. The Morgan fingerprint density at radius 1 is 1.00 bits per heavy atom. The average Bonchev–Trinajstić information content (AvgIpc) is 3.04. The highest BCUT2D eigenvalue weighted by Gasteiger charge is 2.38. The number of rotatable bonds is 8. The van der Waals surface area contributed by atoms with Crippen LogP contribution in [0.1, 0.15) is 47.5 Å². The van der Waals surface area contributed by atoms with Crippen molar-refractivity contribution in [1.82, 2.24) is 15.5 Å². The Morgan fingerprint density at radius 2 is 1.56 bits per heavy atom. The number of hydrogen-bond acceptors (Lipinski definition) is 5. The molecule has 0 bridgehead atoms. The zero-order chi connectivity index (χ0) is 20.9. The molecule has 0 aromatic rings. The van der Waals surface area contributed by atoms with Gasteiger partial charge in [0.15, 0.2) is 0 Å². The summed E-state index contributed by atoms with van der Waals surface area (Å²) in [6.07, 6.45) is 1.18. The summed E-state index contributed by atoms with van der Waals surface area (Å²) in [6.45, 7) is 8.92. The molecule has 0 spiro atoms. The smallest absolute Gasteiger partial charge is 0.326 e. The number of nitrogens with zero attached hydrogens (tertiary/aromatic N) is 1. The second-order valence-electron chi connectivity index (χ2n) is 7.78. The van der Waals surface area contributed by atoms with Crippen LogP contribution in [0.2, 0.25) is 0 Å². The molecule has 0 aromatic heterocycles. The van der Waals surface area contributed by atoms with E-state index in [1.165, 1.54) is 4.90 Å². The van der Waals surface area contributed by atoms with E-state index in [2.05, 4.69) is 10.6 Å². The van der Waals surface area contributed by atoms with Gasteiger partial charge in [-0.15, -0.1) is 0 Å². The van der Waals surface area contributed by atoms with E-state index in [0.717, 1.165) is 0 Å². The molecule has 27 heavy (non-hydrogen) atoms. The van der Waals surface area contributed by atoms with E-state index in [0.29, 0.717) is 19.4 Å². The first-order valence-corrected chi connectivity index (χ1v) is 9.37. The monoisotopic (exact) mass is 384 g/mol. The lowest BCUT2D eigenvalue weighted by molar-refractivity contribution is -0.144. The summed E-state index contributed by atoms with van der Waals surface area (Å²) in [4.78, 5) is 50.3. The van der Waals surface area contributed by atoms with Crippen molar-refractivity contribution in [2.24, 2.45) is 17.6 Å². The van der Waals surface area contributed by atoms with Crippen LogP contribution in [0, 0.1) is 11.8 Å². The van der Waals surface area contributed by atoms with Crippen molar-refractivity contribution in [3.05, 3.63) is 0 Å². The van der Waals surface area contributed by atoms with Gasteiger partial charge in [-0.25, -0.2) is 4.79 Å². The number of hydrogen-bond donors (Lipinski definition) is 4. The summed E-state index contributed by atoms with van der Waals surface area (Å²) in [5, 5.41) is 14.4. The minimum Gasteiger partial charge on any atom is -0.480 e. The third-order valence-corrected chi connectivity index (χ3v) is 4.71. The van der Waals surface area contributed by atoms with Crippen LogP contribution in [0.15, 0.2) is 0 Å². The number of nitrogens with one attached hydrogen (secondary N) is 2. The Morgan fingerprint density at radius 3 is 2.00 bits per heavy atom. The second kappa shape index (κ2) is 9.68. The van der Waals surface area contributed by atoms with Gasteiger partial charge >= 0.3 is 5.97 Å². The molecule has 1 fully saturated rings. The number of carbonyl (C=O) groups excluding carboxylic acids is 3. The minimum absolute atomic E-state index is 0.255. The molecule has 4 atom stereocenters. The molecule has 0 radical (unpaired) electrons. The fourth-order valence-corrected chi connectivity index (χ4v) is 3.11. The maximum absolute atomic E-state index is 12.7. The van der Waals surface area contributed by atoms with Gasteiger partial charge in [-0.2, -0.15) is 0 Å². The zero-order valence-electron chi connectivity index (χ0n) is 16.7. The third kappa shape index (κ3) is 5.92. The Hall–Kier alpha value is -2.16. The van der Waals surface area contributed by atoms with Crippen molar-refractivity contribution in [2.75, 3.05) is 6.54 Å². The quantitative estimate of drug-likeness (QED) is 0.452. The molecule has 1 heterocycles. The molecule has 0 saturated carbocycles. The van der Waals surface area contributed by atoms with Crippen molar-refractivity contribution in [2.45, 2.75) is 71.6 Å². The highest BCUT2D eigenvalue weighted by molar-refractivity contribution is 5.94. The minimum atomic E-state index is -1.13. The molecule has 1 aliphatic heterocycles. The predicted octanol–water partition coefficient (Wildman–Crippen LogP) is -0.309. The van der Waals surface area contributed by atoms with E-state index in [9.17, 15) is 24.3 Å². The lowest BCUT2D eigenvalue weighted by Crippen LogP contribution is -2.58. The largest absolute Gasteiger partial charge is 0.480 e. The number of amides is 3. The van der Waals surface area contributed by atoms with Gasteiger partial charge in [-0.05, 0) is 31.6 Å². The van der Waals surface area contributed by atoms with Crippen LogP contribution in [-0.2, 0) is 19.2 Å². The van der Waals surface area contributed by atoms with Gasteiger partial charge in [0.1, 0.15) is 18.1 Å². The van der Waals surface area contributed by atoms with Crippen molar-refractivity contribution in [3.63, 3.8) is 0 Å². The van der Waals surface area contributed by atoms with Gasteiger partial charge in [-0.3, -0.25) is 14.4 Å². The summed E-state index contributed by atoms with van der Waals surface area (Å²) >= 11 is 0. The first kappa shape index (κ1) is 22.9. The topological polar surface area (TPSA) is 142 Å². The Labute approximate surface area is 160 Å². The normalized spacial score (nSPS) is 20.3. The first-order chi connectivity index (χ1) is 12.5. The second-order valence-corrected chi connectivity index (χ2v) is 7.78. The van der Waals surface area contributed by atoms with Gasteiger partial charge in [0.2, 0.25) is 17.7 Å². The van der Waals surface area contributed by atoms with Crippen molar-refractivity contribution < 1.29 is 24.3 Å². The highest BCUT2D eigenvalue weighted by Crippen LogP contribution is 2.19. The number of carboxylic acid groups (broad SMARTS) is 1. The number of likely N-dealkylation sites (tertiary alicyclic amines) is 1. The number of aliphatic carboxylic acids is 1. The summed E-state index contributed by atoms with van der Waals surface area (Å²) in [5.74, 6) is -2.96. The van der Waals surface area contributed by atoms with Crippen LogP contribution in [0.3, 0.4) is 0 Å². The van der Waals surface area contributed by atoms with Gasteiger partial charge in [0, 0.05) is 6.54 Å². The third-order valence-electron chi connectivity index (χ3n) is 4.71. The average molecular weight is 384 g/mol. The van der Waals surface area contributed by atoms with E-state index in [1.807, 2.05) is 0 Å². The van der Waals surface area contributed by atoms with Gasteiger partial charge in [0.25, 0.3) is 0 Å². The van der Waals surface area contributed by atoms with E-state index in [-0.39, 0.29) is 17.7 Å². The SMILES string of the molecule is CC(N)C(=O)N1CCCC1C(=O)NC(C(=O)NC(C(=O)O)C(C)C)C(C)C. The summed E-state index contributed by atoms with van der Waals surface area (Å²) in [7, 11) is 0.